The fraction of sp³-hybridized carbons (Fsp3) is 0.429. The first-order valence-electron chi connectivity index (χ1n) is 5.71. The summed E-state index contributed by atoms with van der Waals surface area (Å²) in [6.45, 7) is 10.1. The summed E-state index contributed by atoms with van der Waals surface area (Å²) in [5, 5.41) is 0. The van der Waals surface area contributed by atoms with E-state index in [1.54, 1.807) is 0 Å². The third kappa shape index (κ3) is 4.07. The Bertz CT molecular complexity index is 331. The van der Waals surface area contributed by atoms with Gasteiger partial charge in [0.15, 0.2) is 0 Å². The SMILES string of the molecule is C=C(C)c1ccccc1OCCCOCC. The van der Waals surface area contributed by atoms with Gasteiger partial charge in [0.25, 0.3) is 0 Å². The maximum absolute atomic E-state index is 5.70. The highest BCUT2D eigenvalue weighted by Crippen LogP contribution is 2.24. The predicted octanol–water partition coefficient (Wildman–Crippen LogP) is 3.53. The molecule has 1 aromatic carbocycles. The van der Waals surface area contributed by atoms with Gasteiger partial charge in [0.1, 0.15) is 5.75 Å². The molecule has 0 saturated heterocycles. The Kier molecular flexibility index (Phi) is 5.65. The minimum absolute atomic E-state index is 0.685. The molecule has 1 aromatic rings. The summed E-state index contributed by atoms with van der Waals surface area (Å²) in [7, 11) is 0. The molecule has 0 atom stereocenters. The number of benzene rings is 1. The molecule has 2 nitrogen and oxygen atoms in total. The van der Waals surface area contributed by atoms with Gasteiger partial charge in [0, 0.05) is 25.2 Å². The van der Waals surface area contributed by atoms with Crippen molar-refractivity contribution in [1.29, 1.82) is 0 Å². The van der Waals surface area contributed by atoms with Gasteiger partial charge in [-0.1, -0.05) is 24.8 Å². The molecule has 0 heterocycles. The topological polar surface area (TPSA) is 18.5 Å². The molecule has 0 N–H and O–H groups in total. The van der Waals surface area contributed by atoms with E-state index in [2.05, 4.69) is 6.58 Å². The molecule has 0 aliphatic heterocycles. The van der Waals surface area contributed by atoms with Crippen LogP contribution in [0, 0.1) is 0 Å². The summed E-state index contributed by atoms with van der Waals surface area (Å²) in [5.41, 5.74) is 2.11. The van der Waals surface area contributed by atoms with E-state index in [0.29, 0.717) is 6.61 Å². The summed E-state index contributed by atoms with van der Waals surface area (Å²) in [6.07, 6.45) is 0.915. The van der Waals surface area contributed by atoms with Crippen molar-refractivity contribution in [1.82, 2.24) is 0 Å². The molecule has 0 radical (unpaired) electrons. The minimum atomic E-state index is 0.685. The first-order chi connectivity index (χ1) is 7.75. The molecule has 0 unspecified atom stereocenters. The Labute approximate surface area is 97.9 Å². The van der Waals surface area contributed by atoms with E-state index in [4.69, 9.17) is 9.47 Å². The van der Waals surface area contributed by atoms with Gasteiger partial charge in [-0.05, 0) is 25.5 Å². The van der Waals surface area contributed by atoms with E-state index in [-0.39, 0.29) is 0 Å². The number of ether oxygens (including phenoxy) is 2. The van der Waals surface area contributed by atoms with Crippen LogP contribution in [0.15, 0.2) is 30.8 Å². The molecular formula is C14H20O2. The lowest BCUT2D eigenvalue weighted by Crippen LogP contribution is -2.03. The lowest BCUT2D eigenvalue weighted by atomic mass is 10.1. The molecule has 0 aromatic heterocycles. The molecule has 0 spiro atoms. The molecule has 0 bridgehead atoms. The third-order valence-electron chi connectivity index (χ3n) is 2.24. The van der Waals surface area contributed by atoms with Gasteiger partial charge in [0.05, 0.1) is 6.61 Å². The molecule has 16 heavy (non-hydrogen) atoms. The second-order valence-corrected chi connectivity index (χ2v) is 3.68. The maximum atomic E-state index is 5.70. The normalized spacial score (nSPS) is 10.1. The molecule has 0 fully saturated rings. The van der Waals surface area contributed by atoms with E-state index in [0.717, 1.165) is 36.5 Å². The summed E-state index contributed by atoms with van der Waals surface area (Å²) in [5.74, 6) is 0.909. The maximum Gasteiger partial charge on any atom is 0.126 e. The highest BCUT2D eigenvalue weighted by atomic mass is 16.5. The molecule has 0 amide bonds. The highest BCUT2D eigenvalue weighted by Gasteiger charge is 2.02. The second kappa shape index (κ2) is 7.07. The Morgan fingerprint density at radius 3 is 2.69 bits per heavy atom. The van der Waals surface area contributed by atoms with Crippen molar-refractivity contribution >= 4 is 5.57 Å². The average molecular weight is 220 g/mol. The minimum Gasteiger partial charge on any atom is -0.493 e. The van der Waals surface area contributed by atoms with Crippen LogP contribution < -0.4 is 4.74 Å². The lowest BCUT2D eigenvalue weighted by Gasteiger charge is -2.11. The van der Waals surface area contributed by atoms with Crippen LogP contribution in [0.3, 0.4) is 0 Å². The summed E-state index contributed by atoms with van der Waals surface area (Å²) < 4.78 is 11.0. The zero-order valence-electron chi connectivity index (χ0n) is 10.2. The van der Waals surface area contributed by atoms with Crippen molar-refractivity contribution < 1.29 is 9.47 Å². The van der Waals surface area contributed by atoms with Gasteiger partial charge in [-0.15, -0.1) is 0 Å². The number of allylic oxidation sites excluding steroid dienone is 1. The van der Waals surface area contributed by atoms with Crippen molar-refractivity contribution in [2.24, 2.45) is 0 Å². The van der Waals surface area contributed by atoms with Crippen molar-refractivity contribution in [3.8, 4) is 5.75 Å². The van der Waals surface area contributed by atoms with Crippen LogP contribution in [0.1, 0.15) is 25.8 Å². The van der Waals surface area contributed by atoms with Crippen LogP contribution >= 0.6 is 0 Å². The Morgan fingerprint density at radius 1 is 1.25 bits per heavy atom. The first-order valence-corrected chi connectivity index (χ1v) is 5.71. The van der Waals surface area contributed by atoms with Gasteiger partial charge in [-0.2, -0.15) is 0 Å². The van der Waals surface area contributed by atoms with E-state index in [1.165, 1.54) is 0 Å². The third-order valence-corrected chi connectivity index (χ3v) is 2.24. The standard InChI is InChI=1S/C14H20O2/c1-4-15-10-7-11-16-14-9-6-5-8-13(14)12(2)3/h5-6,8-9H,2,4,7,10-11H2,1,3H3. The number of hydrogen-bond donors (Lipinski definition) is 0. The fourth-order valence-electron chi connectivity index (χ4n) is 1.43. The zero-order chi connectivity index (χ0) is 11.8. The van der Waals surface area contributed by atoms with Gasteiger partial charge >= 0.3 is 0 Å². The summed E-state index contributed by atoms with van der Waals surface area (Å²) >= 11 is 0. The van der Waals surface area contributed by atoms with E-state index >= 15 is 0 Å². The van der Waals surface area contributed by atoms with Gasteiger partial charge in [-0.25, -0.2) is 0 Å². The van der Waals surface area contributed by atoms with Crippen molar-refractivity contribution in [3.05, 3.63) is 36.4 Å². The van der Waals surface area contributed by atoms with Crippen molar-refractivity contribution in [3.63, 3.8) is 0 Å². The molecule has 1 rings (SSSR count). The molecule has 0 aliphatic rings. The quantitative estimate of drug-likeness (QED) is 0.654. The summed E-state index contributed by atoms with van der Waals surface area (Å²) in [6, 6.07) is 7.98. The van der Waals surface area contributed by atoms with Gasteiger partial charge < -0.3 is 9.47 Å². The smallest absolute Gasteiger partial charge is 0.126 e. The van der Waals surface area contributed by atoms with Gasteiger partial charge in [0.2, 0.25) is 0 Å². The average Bonchev–Trinajstić information content (AvgIpc) is 2.29. The fourth-order valence-corrected chi connectivity index (χ4v) is 1.43. The van der Waals surface area contributed by atoms with Crippen LogP contribution in [0.5, 0.6) is 5.75 Å². The Balaban J connectivity index is 2.44. The Morgan fingerprint density at radius 2 is 2.00 bits per heavy atom. The lowest BCUT2D eigenvalue weighted by molar-refractivity contribution is 0.131. The van der Waals surface area contributed by atoms with E-state index < -0.39 is 0 Å². The van der Waals surface area contributed by atoms with Crippen LogP contribution in [0.2, 0.25) is 0 Å². The molecule has 2 heteroatoms. The molecule has 0 aliphatic carbocycles. The zero-order valence-corrected chi connectivity index (χ0v) is 10.2. The Hall–Kier alpha value is -1.28. The molecular weight excluding hydrogens is 200 g/mol. The van der Waals surface area contributed by atoms with Gasteiger partial charge in [-0.3, -0.25) is 0 Å². The highest BCUT2D eigenvalue weighted by molar-refractivity contribution is 5.66. The molecule has 88 valence electrons. The molecule has 0 saturated carbocycles. The first kappa shape index (κ1) is 12.8. The van der Waals surface area contributed by atoms with E-state index in [9.17, 15) is 0 Å². The van der Waals surface area contributed by atoms with Crippen LogP contribution in [0.4, 0.5) is 0 Å². The predicted molar refractivity (Wildman–Crippen MR) is 67.8 cm³/mol. The van der Waals surface area contributed by atoms with E-state index in [1.807, 2.05) is 38.1 Å². The largest absolute Gasteiger partial charge is 0.493 e. The van der Waals surface area contributed by atoms with Crippen LogP contribution in [0.25, 0.3) is 5.57 Å². The number of rotatable bonds is 7. The van der Waals surface area contributed by atoms with Crippen LogP contribution in [-0.4, -0.2) is 19.8 Å². The van der Waals surface area contributed by atoms with Crippen molar-refractivity contribution in [2.75, 3.05) is 19.8 Å². The van der Waals surface area contributed by atoms with Crippen molar-refractivity contribution in [2.45, 2.75) is 20.3 Å². The number of para-hydroxylation sites is 1. The second-order valence-electron chi connectivity index (χ2n) is 3.68. The summed E-state index contributed by atoms with van der Waals surface area (Å²) in [4.78, 5) is 0. The monoisotopic (exact) mass is 220 g/mol. The number of hydrogen-bond acceptors (Lipinski definition) is 2. The van der Waals surface area contributed by atoms with Crippen LogP contribution in [-0.2, 0) is 4.74 Å².